The zero-order valence-corrected chi connectivity index (χ0v) is 8.13. The lowest BCUT2D eigenvalue weighted by atomic mass is 10.2. The molecule has 0 radical (unpaired) electrons. The van der Waals surface area contributed by atoms with Crippen LogP contribution in [0.4, 0.5) is 11.4 Å². The predicted octanol–water partition coefficient (Wildman–Crippen LogP) is 2.76. The highest BCUT2D eigenvalue weighted by Crippen LogP contribution is 2.25. The van der Waals surface area contributed by atoms with E-state index >= 15 is 0 Å². The summed E-state index contributed by atoms with van der Waals surface area (Å²) in [5.74, 6) is 0.132. The van der Waals surface area contributed by atoms with E-state index < -0.39 is 0 Å². The largest absolute Gasteiger partial charge is 0.312 e. The number of benzene rings is 1. The maximum Gasteiger partial charge on any atom is 0.227 e. The van der Waals surface area contributed by atoms with Crippen LogP contribution in [0.2, 0.25) is 0 Å². The van der Waals surface area contributed by atoms with Gasteiger partial charge in [0.15, 0.2) is 0 Å². The third-order valence-corrected chi connectivity index (χ3v) is 2.38. The van der Waals surface area contributed by atoms with Crippen LogP contribution in [0, 0.1) is 0 Å². The van der Waals surface area contributed by atoms with Crippen LogP contribution >= 0.6 is 0 Å². The van der Waals surface area contributed by atoms with E-state index in [0.717, 1.165) is 18.7 Å². The summed E-state index contributed by atoms with van der Waals surface area (Å²) in [6, 6.07) is 7.07. The van der Waals surface area contributed by atoms with E-state index in [0.29, 0.717) is 12.1 Å². The maximum absolute atomic E-state index is 11.5. The van der Waals surface area contributed by atoms with Crippen LogP contribution in [-0.2, 0) is 4.79 Å². The first-order chi connectivity index (χ1) is 7.31. The van der Waals surface area contributed by atoms with E-state index in [2.05, 4.69) is 10.0 Å². The number of hydrogen-bond donors (Lipinski definition) is 0. The minimum absolute atomic E-state index is 0.132. The standard InChI is InChI=1S/C10H10N4O/c11-13-12-8-3-1-4-9(7-8)14-6-2-5-10(14)15/h1,3-4,7H,2,5-6H2. The zero-order chi connectivity index (χ0) is 10.7. The molecule has 0 bridgehead atoms. The van der Waals surface area contributed by atoms with Crippen LogP contribution < -0.4 is 4.90 Å². The summed E-state index contributed by atoms with van der Waals surface area (Å²) in [5.41, 5.74) is 9.65. The van der Waals surface area contributed by atoms with Crippen molar-refractivity contribution >= 4 is 17.3 Å². The van der Waals surface area contributed by atoms with Crippen molar-refractivity contribution in [2.75, 3.05) is 11.4 Å². The van der Waals surface area contributed by atoms with Crippen molar-refractivity contribution in [1.82, 2.24) is 0 Å². The van der Waals surface area contributed by atoms with Gasteiger partial charge in [0.05, 0.1) is 0 Å². The lowest BCUT2D eigenvalue weighted by Crippen LogP contribution is -2.23. The lowest BCUT2D eigenvalue weighted by molar-refractivity contribution is -0.117. The summed E-state index contributed by atoms with van der Waals surface area (Å²) < 4.78 is 0. The Morgan fingerprint density at radius 1 is 1.47 bits per heavy atom. The second-order valence-corrected chi connectivity index (χ2v) is 3.36. The smallest absolute Gasteiger partial charge is 0.227 e. The van der Waals surface area contributed by atoms with E-state index in [1.54, 1.807) is 23.1 Å². The molecule has 1 fully saturated rings. The number of rotatable bonds is 2. The van der Waals surface area contributed by atoms with E-state index in [4.69, 9.17) is 5.53 Å². The Morgan fingerprint density at radius 2 is 2.33 bits per heavy atom. The fourth-order valence-electron chi connectivity index (χ4n) is 1.70. The molecule has 76 valence electrons. The minimum atomic E-state index is 0.132. The summed E-state index contributed by atoms with van der Waals surface area (Å²) in [6.45, 7) is 0.749. The molecule has 0 aliphatic carbocycles. The first-order valence-electron chi connectivity index (χ1n) is 4.77. The van der Waals surface area contributed by atoms with Crippen molar-refractivity contribution in [2.45, 2.75) is 12.8 Å². The van der Waals surface area contributed by atoms with Crippen LogP contribution in [0.15, 0.2) is 29.4 Å². The second kappa shape index (κ2) is 4.02. The summed E-state index contributed by atoms with van der Waals surface area (Å²) in [5, 5.41) is 3.51. The van der Waals surface area contributed by atoms with E-state index in [9.17, 15) is 4.79 Å². The molecule has 0 atom stereocenters. The van der Waals surface area contributed by atoms with Gasteiger partial charge in [-0.05, 0) is 24.1 Å². The van der Waals surface area contributed by atoms with Crippen LogP contribution in [0.25, 0.3) is 10.4 Å². The Morgan fingerprint density at radius 3 is 3.00 bits per heavy atom. The average Bonchev–Trinajstić information content (AvgIpc) is 2.65. The number of anilines is 1. The van der Waals surface area contributed by atoms with Crippen molar-refractivity contribution in [3.05, 3.63) is 34.7 Å². The van der Waals surface area contributed by atoms with Crippen molar-refractivity contribution in [2.24, 2.45) is 5.11 Å². The SMILES string of the molecule is [N-]=[N+]=Nc1cccc(N2CCCC2=O)c1. The Hall–Kier alpha value is -2.00. The molecule has 0 N–H and O–H groups in total. The topological polar surface area (TPSA) is 69.1 Å². The molecular formula is C10H10N4O. The van der Waals surface area contributed by atoms with Gasteiger partial charge in [0, 0.05) is 29.3 Å². The number of nitrogens with zero attached hydrogens (tertiary/aromatic N) is 4. The molecule has 5 nitrogen and oxygen atoms in total. The van der Waals surface area contributed by atoms with Gasteiger partial charge in [-0.15, -0.1) is 0 Å². The maximum atomic E-state index is 11.5. The normalized spacial score (nSPS) is 15.2. The summed E-state index contributed by atoms with van der Waals surface area (Å²) in [6.07, 6.45) is 1.50. The molecule has 1 saturated heterocycles. The monoisotopic (exact) mass is 202 g/mol. The van der Waals surface area contributed by atoms with Gasteiger partial charge in [-0.2, -0.15) is 0 Å². The molecule has 0 spiro atoms. The Balaban J connectivity index is 2.31. The Bertz CT molecular complexity index is 437. The van der Waals surface area contributed by atoms with Gasteiger partial charge >= 0.3 is 0 Å². The van der Waals surface area contributed by atoms with Crippen LogP contribution in [-0.4, -0.2) is 12.5 Å². The number of hydrogen-bond acceptors (Lipinski definition) is 2. The Kier molecular flexibility index (Phi) is 2.56. The molecule has 0 aromatic heterocycles. The van der Waals surface area contributed by atoms with Gasteiger partial charge in [0.1, 0.15) is 0 Å². The van der Waals surface area contributed by atoms with E-state index in [1.807, 2.05) is 6.07 Å². The van der Waals surface area contributed by atoms with Crippen molar-refractivity contribution in [3.8, 4) is 0 Å². The van der Waals surface area contributed by atoms with Gasteiger partial charge < -0.3 is 4.90 Å². The van der Waals surface area contributed by atoms with Crippen molar-refractivity contribution in [1.29, 1.82) is 0 Å². The molecule has 1 heterocycles. The molecule has 1 amide bonds. The molecule has 2 rings (SSSR count). The molecular weight excluding hydrogens is 192 g/mol. The highest BCUT2D eigenvalue weighted by Gasteiger charge is 2.21. The van der Waals surface area contributed by atoms with Crippen molar-refractivity contribution < 1.29 is 4.79 Å². The minimum Gasteiger partial charge on any atom is -0.312 e. The summed E-state index contributed by atoms with van der Waals surface area (Å²) >= 11 is 0. The van der Waals surface area contributed by atoms with Gasteiger partial charge in [-0.1, -0.05) is 17.2 Å². The quantitative estimate of drug-likeness (QED) is 0.413. The molecule has 0 saturated carbocycles. The summed E-state index contributed by atoms with van der Waals surface area (Å²) in [7, 11) is 0. The molecule has 1 aromatic carbocycles. The fraction of sp³-hybridized carbons (Fsp3) is 0.300. The second-order valence-electron chi connectivity index (χ2n) is 3.36. The predicted molar refractivity (Wildman–Crippen MR) is 56.8 cm³/mol. The number of carbonyl (C=O) groups is 1. The molecule has 1 aliphatic heterocycles. The number of amides is 1. The third kappa shape index (κ3) is 1.92. The first kappa shape index (κ1) is 9.55. The van der Waals surface area contributed by atoms with Gasteiger partial charge in [0.2, 0.25) is 5.91 Å². The molecule has 1 aromatic rings. The molecule has 1 aliphatic rings. The molecule has 0 unspecified atom stereocenters. The highest BCUT2D eigenvalue weighted by atomic mass is 16.2. The first-order valence-corrected chi connectivity index (χ1v) is 4.77. The van der Waals surface area contributed by atoms with E-state index in [-0.39, 0.29) is 5.91 Å². The van der Waals surface area contributed by atoms with Gasteiger partial charge in [0.25, 0.3) is 0 Å². The van der Waals surface area contributed by atoms with Gasteiger partial charge in [-0.25, -0.2) is 0 Å². The van der Waals surface area contributed by atoms with Crippen LogP contribution in [0.5, 0.6) is 0 Å². The third-order valence-electron chi connectivity index (χ3n) is 2.38. The van der Waals surface area contributed by atoms with E-state index in [1.165, 1.54) is 0 Å². The van der Waals surface area contributed by atoms with Crippen LogP contribution in [0.1, 0.15) is 12.8 Å². The molecule has 5 heteroatoms. The van der Waals surface area contributed by atoms with Gasteiger partial charge in [-0.3, -0.25) is 4.79 Å². The lowest BCUT2D eigenvalue weighted by Gasteiger charge is -2.15. The average molecular weight is 202 g/mol. The Labute approximate surface area is 86.9 Å². The molecule has 15 heavy (non-hydrogen) atoms. The zero-order valence-electron chi connectivity index (χ0n) is 8.13. The highest BCUT2D eigenvalue weighted by molar-refractivity contribution is 5.95. The van der Waals surface area contributed by atoms with Crippen molar-refractivity contribution in [3.63, 3.8) is 0 Å². The van der Waals surface area contributed by atoms with Crippen LogP contribution in [0.3, 0.4) is 0 Å². The fourth-order valence-corrected chi connectivity index (χ4v) is 1.70. The summed E-state index contributed by atoms with van der Waals surface area (Å²) in [4.78, 5) is 15.9. The number of carbonyl (C=O) groups excluding carboxylic acids is 1. The number of azide groups is 1.